The van der Waals surface area contributed by atoms with Gasteiger partial charge < -0.3 is 14.3 Å². The van der Waals surface area contributed by atoms with Crippen LogP contribution in [0.4, 0.5) is 0 Å². The number of hydrogen-bond acceptors (Lipinski definition) is 5. The maximum absolute atomic E-state index is 14.3. The normalized spacial score (nSPS) is 20.5. The van der Waals surface area contributed by atoms with Crippen LogP contribution in [-0.4, -0.2) is 57.0 Å². The van der Waals surface area contributed by atoms with E-state index in [1.807, 2.05) is 50.3 Å². The van der Waals surface area contributed by atoms with E-state index < -0.39 is 18.3 Å². The Hall–Kier alpha value is -1.81. The minimum Gasteiger partial charge on any atom is -0.415 e. The number of ether oxygens (including phenoxy) is 1. The summed E-state index contributed by atoms with van der Waals surface area (Å²) in [5, 5.41) is 10.1. The predicted octanol–water partition coefficient (Wildman–Crippen LogP) is 9.43. The van der Waals surface area contributed by atoms with Crippen molar-refractivity contribution in [3.63, 3.8) is 0 Å². The predicted molar refractivity (Wildman–Crippen MR) is 197 cm³/mol. The lowest BCUT2D eigenvalue weighted by atomic mass is 9.88. The summed E-state index contributed by atoms with van der Waals surface area (Å²) in [5.74, 6) is 0.150. The van der Waals surface area contributed by atoms with E-state index in [9.17, 15) is 13.5 Å². The Labute approximate surface area is 288 Å². The van der Waals surface area contributed by atoms with Crippen molar-refractivity contribution in [3.8, 4) is 0 Å². The van der Waals surface area contributed by atoms with E-state index in [1.165, 1.54) is 19.3 Å². The van der Waals surface area contributed by atoms with Gasteiger partial charge >= 0.3 is 0 Å². The molecule has 0 saturated carbocycles. The fourth-order valence-corrected chi connectivity index (χ4v) is 8.89. The number of aryl methyl sites for hydroxylation is 1. The third kappa shape index (κ3) is 11.4. The Morgan fingerprint density at radius 3 is 2.06 bits per heavy atom. The van der Waals surface area contributed by atoms with Gasteiger partial charge in [-0.15, -0.1) is 6.58 Å². The topological polar surface area (TPSA) is 76.1 Å². The second kappa shape index (κ2) is 18.3. The number of aliphatic hydroxyl groups excluding tert-OH is 1. The standard InChI is InChI=1S/C39H63NO5SSi/c1-9-32(3)37(41)24-20-15-13-11-10-12-14-19-23-35-38(44-29-33-21-17-16-18-22-33)36(30-45-47(7,8)39(4,5)6)40(35)46(42,43)34-27-25-31(2)26-28-34/h9,16-18,21-22,25-28,32,35-38,41H,1,10-15,19-20,23-24,29-30H2,2-8H3/t32-,35-,36+,37-,38+/m0/s1. The Bertz CT molecular complexity index is 1310. The summed E-state index contributed by atoms with van der Waals surface area (Å²) in [6.45, 7) is 19.6. The summed E-state index contributed by atoms with van der Waals surface area (Å²) < 4.78 is 43.5. The lowest BCUT2D eigenvalue weighted by Crippen LogP contribution is -2.71. The van der Waals surface area contributed by atoms with Gasteiger partial charge in [0.2, 0.25) is 10.0 Å². The minimum absolute atomic E-state index is 0.0164. The highest BCUT2D eigenvalue weighted by Crippen LogP contribution is 2.41. The minimum atomic E-state index is -3.74. The molecule has 1 aliphatic heterocycles. The molecule has 0 aliphatic carbocycles. The van der Waals surface area contributed by atoms with Gasteiger partial charge in [-0.1, -0.05) is 133 Å². The molecule has 8 heteroatoms. The first kappa shape index (κ1) is 39.6. The number of benzene rings is 2. The first-order chi connectivity index (χ1) is 22.2. The van der Waals surface area contributed by atoms with Crippen molar-refractivity contribution >= 4 is 18.3 Å². The van der Waals surface area contributed by atoms with Crippen LogP contribution in [0.25, 0.3) is 0 Å². The highest BCUT2D eigenvalue weighted by Gasteiger charge is 2.55. The van der Waals surface area contributed by atoms with Gasteiger partial charge in [0.15, 0.2) is 8.32 Å². The van der Waals surface area contributed by atoms with E-state index in [-0.39, 0.29) is 35.2 Å². The number of unbranched alkanes of at least 4 members (excludes halogenated alkanes) is 7. The summed E-state index contributed by atoms with van der Waals surface area (Å²) in [4.78, 5) is 0.332. The van der Waals surface area contributed by atoms with Crippen molar-refractivity contribution < 1.29 is 22.7 Å². The van der Waals surface area contributed by atoms with E-state index in [4.69, 9.17) is 9.16 Å². The van der Waals surface area contributed by atoms with E-state index >= 15 is 0 Å². The second-order valence-electron chi connectivity index (χ2n) is 15.2. The fourth-order valence-electron chi connectivity index (χ4n) is 6.03. The van der Waals surface area contributed by atoms with Crippen LogP contribution < -0.4 is 0 Å². The highest BCUT2D eigenvalue weighted by molar-refractivity contribution is 7.89. The van der Waals surface area contributed by atoms with Crippen molar-refractivity contribution in [3.05, 3.63) is 78.4 Å². The molecule has 6 nitrogen and oxygen atoms in total. The van der Waals surface area contributed by atoms with Gasteiger partial charge in [-0.3, -0.25) is 0 Å². The van der Waals surface area contributed by atoms with Crippen LogP contribution in [0, 0.1) is 12.8 Å². The number of rotatable bonds is 21. The summed E-state index contributed by atoms with van der Waals surface area (Å²) in [6.07, 6.45) is 11.8. The molecule has 2 aromatic carbocycles. The van der Waals surface area contributed by atoms with Crippen LogP contribution in [0.15, 0.2) is 72.1 Å². The number of hydrogen-bond donors (Lipinski definition) is 1. The first-order valence-electron chi connectivity index (χ1n) is 17.9. The first-order valence-corrected chi connectivity index (χ1v) is 22.2. The van der Waals surface area contributed by atoms with Gasteiger partial charge in [-0.2, -0.15) is 4.31 Å². The maximum atomic E-state index is 14.3. The lowest BCUT2D eigenvalue weighted by Gasteiger charge is -2.54. The number of sulfonamides is 1. The molecular weight excluding hydrogens is 623 g/mol. The molecule has 3 rings (SSSR count). The Morgan fingerprint density at radius 1 is 0.915 bits per heavy atom. The molecule has 0 bridgehead atoms. The molecule has 0 aromatic heterocycles. The van der Waals surface area contributed by atoms with Crippen LogP contribution in [0.2, 0.25) is 18.1 Å². The van der Waals surface area contributed by atoms with Crippen molar-refractivity contribution in [1.29, 1.82) is 0 Å². The molecule has 2 aromatic rings. The molecule has 47 heavy (non-hydrogen) atoms. The molecule has 0 spiro atoms. The van der Waals surface area contributed by atoms with E-state index in [0.717, 1.165) is 56.1 Å². The van der Waals surface area contributed by atoms with Crippen LogP contribution in [-0.2, 0) is 25.8 Å². The SMILES string of the molecule is C=C[C@H](C)[C@@H](O)CCCCCCCCCC[C@H]1[C@@H](OCc2ccccc2)[C@@H](CO[Si](C)(C)C(C)(C)C)N1S(=O)(=O)c1ccc(C)cc1. The molecule has 1 fully saturated rings. The van der Waals surface area contributed by atoms with Crippen molar-refractivity contribution in [2.75, 3.05) is 6.61 Å². The largest absolute Gasteiger partial charge is 0.415 e. The molecule has 0 radical (unpaired) electrons. The Balaban J connectivity index is 1.67. The quantitative estimate of drug-likeness (QED) is 0.0805. The molecule has 1 heterocycles. The van der Waals surface area contributed by atoms with Gasteiger partial charge in [0.25, 0.3) is 0 Å². The average Bonchev–Trinajstić information content (AvgIpc) is 3.02. The van der Waals surface area contributed by atoms with Crippen molar-refractivity contribution in [2.45, 2.75) is 153 Å². The summed E-state index contributed by atoms with van der Waals surface area (Å²) in [5.41, 5.74) is 2.12. The molecule has 1 saturated heterocycles. The maximum Gasteiger partial charge on any atom is 0.243 e. The Morgan fingerprint density at radius 2 is 1.49 bits per heavy atom. The van der Waals surface area contributed by atoms with E-state index in [1.54, 1.807) is 16.4 Å². The molecule has 0 amide bonds. The summed E-state index contributed by atoms with van der Waals surface area (Å²) in [6, 6.07) is 16.7. The number of nitrogens with zero attached hydrogens (tertiary/aromatic N) is 1. The molecular formula is C39H63NO5SSi. The van der Waals surface area contributed by atoms with Gasteiger partial charge in [0.1, 0.15) is 0 Å². The zero-order chi connectivity index (χ0) is 34.7. The van der Waals surface area contributed by atoms with Crippen LogP contribution in [0.3, 0.4) is 0 Å². The molecule has 1 aliphatic rings. The van der Waals surface area contributed by atoms with Gasteiger partial charge in [-0.25, -0.2) is 8.42 Å². The van der Waals surface area contributed by atoms with Crippen LogP contribution in [0.5, 0.6) is 0 Å². The fraction of sp³-hybridized carbons (Fsp3) is 0.641. The van der Waals surface area contributed by atoms with Gasteiger partial charge in [0.05, 0.1) is 42.4 Å². The second-order valence-corrected chi connectivity index (χ2v) is 21.8. The highest BCUT2D eigenvalue weighted by atomic mass is 32.2. The third-order valence-electron chi connectivity index (χ3n) is 10.4. The van der Waals surface area contributed by atoms with E-state index in [2.05, 4.69) is 52.6 Å². The van der Waals surface area contributed by atoms with E-state index in [0.29, 0.717) is 18.1 Å². The average molecular weight is 686 g/mol. The lowest BCUT2D eigenvalue weighted by molar-refractivity contribution is -0.131. The summed E-state index contributed by atoms with van der Waals surface area (Å²) in [7, 11) is -5.87. The Kier molecular flexibility index (Phi) is 15.4. The molecule has 0 unspecified atom stereocenters. The van der Waals surface area contributed by atoms with Gasteiger partial charge in [0, 0.05) is 0 Å². The smallest absolute Gasteiger partial charge is 0.243 e. The third-order valence-corrected chi connectivity index (χ3v) is 16.9. The zero-order valence-electron chi connectivity index (χ0n) is 30.3. The monoisotopic (exact) mass is 685 g/mol. The van der Waals surface area contributed by atoms with Gasteiger partial charge in [-0.05, 0) is 61.5 Å². The van der Waals surface area contributed by atoms with Crippen molar-refractivity contribution in [1.82, 2.24) is 4.31 Å². The molecule has 5 atom stereocenters. The summed E-state index contributed by atoms with van der Waals surface area (Å²) >= 11 is 0. The van der Waals surface area contributed by atoms with Crippen molar-refractivity contribution in [2.24, 2.45) is 5.92 Å². The molecule has 1 N–H and O–H groups in total. The zero-order valence-corrected chi connectivity index (χ0v) is 32.1. The molecule has 264 valence electrons. The van der Waals surface area contributed by atoms with Crippen LogP contribution >= 0.6 is 0 Å². The number of aliphatic hydroxyl groups is 1. The van der Waals surface area contributed by atoms with Crippen LogP contribution in [0.1, 0.15) is 103 Å².